The fraction of sp³-hybridized carbons (Fsp3) is 0.458. The molecule has 2 heterocycles. The first-order valence-electron chi connectivity index (χ1n) is 11.0. The number of fused-ring (bicyclic) bond motifs is 1. The summed E-state index contributed by atoms with van der Waals surface area (Å²) in [5, 5.41) is 6.71. The van der Waals surface area contributed by atoms with E-state index in [2.05, 4.69) is 27.7 Å². The molecule has 0 bridgehead atoms. The number of amides is 1. The Morgan fingerprint density at radius 2 is 1.80 bits per heavy atom. The predicted octanol–water partition coefficient (Wildman–Crippen LogP) is 3.43. The molecule has 3 aliphatic rings. The average molecular weight is 408 g/mol. The van der Waals surface area contributed by atoms with Gasteiger partial charge in [-0.1, -0.05) is 18.2 Å². The smallest absolute Gasteiger partial charge is 0.227 e. The van der Waals surface area contributed by atoms with Gasteiger partial charge in [-0.2, -0.15) is 0 Å². The van der Waals surface area contributed by atoms with Gasteiger partial charge in [-0.15, -0.1) is 0 Å². The molecule has 0 radical (unpaired) electrons. The number of carbonyl (C=O) groups is 1. The standard InChI is InChI=1S/C24H29N3O3/c28-24(17-8-9-17)26-19-4-3-5-20(14-19)27-12-10-18(11-13-27)25-15-21-16-29-22-6-1-2-7-23(22)30-21/h1-7,14,17-18,21,25H,8-13,15-16H2,(H,26,28). The van der Waals surface area contributed by atoms with E-state index in [1.807, 2.05) is 36.4 Å². The lowest BCUT2D eigenvalue weighted by molar-refractivity contribution is -0.117. The number of nitrogens with zero attached hydrogens (tertiary/aromatic N) is 1. The van der Waals surface area contributed by atoms with Crippen LogP contribution in [-0.2, 0) is 4.79 Å². The van der Waals surface area contributed by atoms with E-state index in [1.165, 1.54) is 5.69 Å². The first-order chi connectivity index (χ1) is 14.7. The molecule has 2 aromatic rings. The van der Waals surface area contributed by atoms with Gasteiger partial charge in [0.05, 0.1) is 0 Å². The minimum absolute atomic E-state index is 0.0460. The van der Waals surface area contributed by atoms with Crippen molar-refractivity contribution in [3.05, 3.63) is 48.5 Å². The Labute approximate surface area is 177 Å². The van der Waals surface area contributed by atoms with E-state index >= 15 is 0 Å². The topological polar surface area (TPSA) is 62.8 Å². The fourth-order valence-corrected chi connectivity index (χ4v) is 4.17. The number of ether oxygens (including phenoxy) is 2. The van der Waals surface area contributed by atoms with Gasteiger partial charge in [0.15, 0.2) is 11.5 Å². The second-order valence-electron chi connectivity index (χ2n) is 8.48. The lowest BCUT2D eigenvalue weighted by Crippen LogP contribution is -2.47. The molecule has 1 unspecified atom stereocenters. The van der Waals surface area contributed by atoms with Crippen LogP contribution in [0.1, 0.15) is 25.7 Å². The first kappa shape index (κ1) is 19.2. The van der Waals surface area contributed by atoms with Crippen LogP contribution in [0.25, 0.3) is 0 Å². The molecule has 1 amide bonds. The number of para-hydroxylation sites is 2. The Bertz CT molecular complexity index is 891. The van der Waals surface area contributed by atoms with E-state index in [0.717, 1.165) is 62.5 Å². The van der Waals surface area contributed by atoms with Gasteiger partial charge in [0.1, 0.15) is 12.7 Å². The second kappa shape index (κ2) is 8.56. The van der Waals surface area contributed by atoms with Crippen LogP contribution < -0.4 is 25.0 Å². The van der Waals surface area contributed by atoms with Crippen LogP contribution in [0.5, 0.6) is 11.5 Å². The summed E-state index contributed by atoms with van der Waals surface area (Å²) < 4.78 is 11.9. The normalized spacial score (nSPS) is 21.3. The number of piperidine rings is 1. The van der Waals surface area contributed by atoms with E-state index < -0.39 is 0 Å². The molecule has 6 nitrogen and oxygen atoms in total. The Morgan fingerprint density at radius 1 is 1.00 bits per heavy atom. The summed E-state index contributed by atoms with van der Waals surface area (Å²) in [6.45, 7) is 3.38. The highest BCUT2D eigenvalue weighted by molar-refractivity contribution is 5.94. The molecule has 158 valence electrons. The molecule has 2 fully saturated rings. The summed E-state index contributed by atoms with van der Waals surface area (Å²) in [5.74, 6) is 2.05. The highest BCUT2D eigenvalue weighted by Gasteiger charge is 2.29. The zero-order valence-corrected chi connectivity index (χ0v) is 17.2. The molecular formula is C24H29N3O3. The number of carbonyl (C=O) groups excluding carboxylic acids is 1. The molecule has 1 aliphatic carbocycles. The SMILES string of the molecule is O=C(Nc1cccc(N2CCC(NCC3COc4ccccc4O3)CC2)c1)C1CC1. The van der Waals surface area contributed by atoms with Crippen LogP contribution in [0.15, 0.2) is 48.5 Å². The maximum Gasteiger partial charge on any atom is 0.227 e. The van der Waals surface area contributed by atoms with Crippen molar-refractivity contribution in [1.29, 1.82) is 0 Å². The van der Waals surface area contributed by atoms with Crippen molar-refractivity contribution in [2.24, 2.45) is 5.92 Å². The summed E-state index contributed by atoms with van der Waals surface area (Å²) in [7, 11) is 0. The minimum atomic E-state index is 0.0460. The Balaban J connectivity index is 1.09. The number of hydrogen-bond acceptors (Lipinski definition) is 5. The molecule has 2 aliphatic heterocycles. The summed E-state index contributed by atoms with van der Waals surface area (Å²) in [6.07, 6.45) is 4.27. The van der Waals surface area contributed by atoms with Crippen molar-refractivity contribution in [3.63, 3.8) is 0 Å². The van der Waals surface area contributed by atoms with Crippen molar-refractivity contribution in [3.8, 4) is 11.5 Å². The van der Waals surface area contributed by atoms with Gasteiger partial charge >= 0.3 is 0 Å². The zero-order valence-electron chi connectivity index (χ0n) is 17.2. The van der Waals surface area contributed by atoms with Crippen molar-refractivity contribution < 1.29 is 14.3 Å². The Hall–Kier alpha value is -2.73. The van der Waals surface area contributed by atoms with E-state index in [0.29, 0.717) is 12.6 Å². The van der Waals surface area contributed by atoms with Gasteiger partial charge < -0.3 is 25.0 Å². The van der Waals surface area contributed by atoms with Gasteiger partial charge in [-0.25, -0.2) is 0 Å². The molecule has 0 spiro atoms. The summed E-state index contributed by atoms with van der Waals surface area (Å²) in [4.78, 5) is 14.4. The first-order valence-corrected chi connectivity index (χ1v) is 11.0. The van der Waals surface area contributed by atoms with Crippen LogP contribution in [0.2, 0.25) is 0 Å². The van der Waals surface area contributed by atoms with Gasteiger partial charge in [-0.05, 0) is 56.0 Å². The molecule has 6 heteroatoms. The fourth-order valence-electron chi connectivity index (χ4n) is 4.17. The van der Waals surface area contributed by atoms with Crippen molar-refractivity contribution in [2.75, 3.05) is 36.5 Å². The number of hydrogen-bond donors (Lipinski definition) is 2. The van der Waals surface area contributed by atoms with Gasteiger partial charge in [0.25, 0.3) is 0 Å². The van der Waals surface area contributed by atoms with Crippen molar-refractivity contribution >= 4 is 17.3 Å². The molecule has 1 atom stereocenters. The van der Waals surface area contributed by atoms with E-state index in [-0.39, 0.29) is 17.9 Å². The van der Waals surface area contributed by atoms with E-state index in [9.17, 15) is 4.79 Å². The number of benzene rings is 2. The second-order valence-corrected chi connectivity index (χ2v) is 8.48. The van der Waals surface area contributed by atoms with Crippen LogP contribution in [0.3, 0.4) is 0 Å². The molecule has 0 aromatic heterocycles. The van der Waals surface area contributed by atoms with Crippen LogP contribution in [0, 0.1) is 5.92 Å². The minimum Gasteiger partial charge on any atom is -0.486 e. The maximum atomic E-state index is 12.0. The highest BCUT2D eigenvalue weighted by Crippen LogP contribution is 2.32. The van der Waals surface area contributed by atoms with Gasteiger partial charge in [0.2, 0.25) is 5.91 Å². The van der Waals surface area contributed by atoms with Gasteiger partial charge in [-0.3, -0.25) is 4.79 Å². The monoisotopic (exact) mass is 407 g/mol. The number of anilines is 2. The molecule has 2 aromatic carbocycles. The number of rotatable bonds is 6. The zero-order chi connectivity index (χ0) is 20.3. The van der Waals surface area contributed by atoms with Crippen molar-refractivity contribution in [1.82, 2.24) is 5.32 Å². The Kier molecular flexibility index (Phi) is 5.49. The lowest BCUT2D eigenvalue weighted by Gasteiger charge is -2.35. The molecular weight excluding hydrogens is 378 g/mol. The number of nitrogens with one attached hydrogen (secondary N) is 2. The highest BCUT2D eigenvalue weighted by atomic mass is 16.6. The maximum absolute atomic E-state index is 12.0. The van der Waals surface area contributed by atoms with Crippen LogP contribution >= 0.6 is 0 Å². The lowest BCUT2D eigenvalue weighted by atomic mass is 10.0. The third-order valence-electron chi connectivity index (χ3n) is 6.12. The summed E-state index contributed by atoms with van der Waals surface area (Å²) in [6, 6.07) is 16.6. The van der Waals surface area contributed by atoms with Crippen LogP contribution in [-0.4, -0.2) is 44.3 Å². The Morgan fingerprint density at radius 3 is 2.60 bits per heavy atom. The third-order valence-corrected chi connectivity index (χ3v) is 6.12. The van der Waals surface area contributed by atoms with Gasteiger partial charge in [0, 0.05) is 43.0 Å². The third kappa shape index (κ3) is 4.54. The molecule has 1 saturated carbocycles. The largest absolute Gasteiger partial charge is 0.486 e. The molecule has 5 rings (SSSR count). The molecule has 2 N–H and O–H groups in total. The van der Waals surface area contributed by atoms with Crippen LogP contribution in [0.4, 0.5) is 11.4 Å². The average Bonchev–Trinajstić information content (AvgIpc) is 3.64. The molecule has 1 saturated heterocycles. The quantitative estimate of drug-likeness (QED) is 0.768. The van der Waals surface area contributed by atoms with E-state index in [1.54, 1.807) is 0 Å². The van der Waals surface area contributed by atoms with E-state index in [4.69, 9.17) is 9.47 Å². The molecule has 30 heavy (non-hydrogen) atoms. The predicted molar refractivity (Wildman–Crippen MR) is 117 cm³/mol. The summed E-state index contributed by atoms with van der Waals surface area (Å²) in [5.41, 5.74) is 2.09. The summed E-state index contributed by atoms with van der Waals surface area (Å²) >= 11 is 0. The van der Waals surface area contributed by atoms with Crippen molar-refractivity contribution in [2.45, 2.75) is 37.8 Å².